The molecule has 0 radical (unpaired) electrons. The lowest BCUT2D eigenvalue weighted by atomic mass is 10.2. The number of aromatic nitrogens is 4. The quantitative estimate of drug-likeness (QED) is 0.323. The third kappa shape index (κ3) is 4.46. The molecule has 1 aromatic carbocycles. The van der Waals surface area contributed by atoms with Crippen LogP contribution in [0.1, 0.15) is 21.6 Å². The van der Waals surface area contributed by atoms with Crippen molar-refractivity contribution >= 4 is 29.3 Å². The lowest BCUT2D eigenvalue weighted by Gasteiger charge is -2.29. The number of hydrogen-bond acceptors (Lipinski definition) is 10. The van der Waals surface area contributed by atoms with Gasteiger partial charge in [-0.2, -0.15) is 10.1 Å². The van der Waals surface area contributed by atoms with Gasteiger partial charge < -0.3 is 19.7 Å². The fraction of sp³-hybridized carbons (Fsp3) is 0.333. The Morgan fingerprint density at radius 2 is 2.03 bits per heavy atom. The Balaban J connectivity index is 1.71. The maximum absolute atomic E-state index is 11.8. The molecule has 0 amide bonds. The number of nitro groups is 1. The van der Waals surface area contributed by atoms with Crippen LogP contribution in [-0.4, -0.2) is 64.4 Å². The second-order valence-corrected chi connectivity index (χ2v) is 7.46. The zero-order valence-corrected chi connectivity index (χ0v) is 18.4. The number of methoxy groups -OCH3 is 1. The van der Waals surface area contributed by atoms with Gasteiger partial charge in [0.15, 0.2) is 12.1 Å². The number of carbonyl (C=O) groups is 1. The maximum atomic E-state index is 11.8. The summed E-state index contributed by atoms with van der Waals surface area (Å²) in [7, 11) is 1.49. The van der Waals surface area contributed by atoms with Gasteiger partial charge >= 0.3 is 0 Å². The minimum absolute atomic E-state index is 0.0640. The van der Waals surface area contributed by atoms with Gasteiger partial charge in [-0.1, -0.05) is 0 Å². The fourth-order valence-electron chi connectivity index (χ4n) is 3.57. The molecule has 2 aromatic heterocycles. The molecule has 0 atom stereocenters. The average Bonchev–Trinajstić information content (AvgIpc) is 3.20. The first kappa shape index (κ1) is 22.1. The van der Waals surface area contributed by atoms with E-state index in [0.717, 1.165) is 11.8 Å². The number of rotatable bonds is 7. The number of benzene rings is 1. The van der Waals surface area contributed by atoms with E-state index in [2.05, 4.69) is 20.4 Å². The summed E-state index contributed by atoms with van der Waals surface area (Å²) in [5, 5.41) is 19.2. The zero-order chi connectivity index (χ0) is 23.5. The molecule has 1 saturated heterocycles. The van der Waals surface area contributed by atoms with Gasteiger partial charge in [0.25, 0.3) is 5.69 Å². The van der Waals surface area contributed by atoms with E-state index in [1.807, 2.05) is 11.8 Å². The van der Waals surface area contributed by atoms with E-state index in [-0.39, 0.29) is 11.6 Å². The van der Waals surface area contributed by atoms with Gasteiger partial charge in [-0.15, -0.1) is 0 Å². The van der Waals surface area contributed by atoms with Crippen LogP contribution >= 0.6 is 0 Å². The lowest BCUT2D eigenvalue weighted by molar-refractivity contribution is -0.384. The second kappa shape index (κ2) is 9.20. The topological polar surface area (TPSA) is 138 Å². The number of aryl methyl sites for hydroxylation is 2. The monoisotopic (exact) mass is 453 g/mol. The maximum Gasteiger partial charge on any atom is 0.294 e. The van der Waals surface area contributed by atoms with Gasteiger partial charge in [0.05, 0.1) is 42.2 Å². The Bertz CT molecular complexity index is 1200. The molecule has 4 rings (SSSR count). The van der Waals surface area contributed by atoms with Crippen molar-refractivity contribution in [1.82, 2.24) is 19.7 Å². The Hall–Kier alpha value is -4.06. The van der Waals surface area contributed by atoms with E-state index in [9.17, 15) is 14.9 Å². The third-order valence-electron chi connectivity index (χ3n) is 5.32. The number of hydrogen-bond donors (Lipinski definition) is 1. The highest BCUT2D eigenvalue weighted by Crippen LogP contribution is 2.39. The predicted octanol–water partition coefficient (Wildman–Crippen LogP) is 2.59. The number of morpholine rings is 1. The van der Waals surface area contributed by atoms with E-state index in [4.69, 9.17) is 9.47 Å². The van der Waals surface area contributed by atoms with E-state index in [1.54, 1.807) is 25.4 Å². The number of aldehydes is 1. The SMILES string of the molecule is COc1cc(N2CCOCC2)c([N+](=O)[O-])cc1Nc1ncc(C)c(-n2cc(C=O)c(C)n2)n1. The number of nitrogens with one attached hydrogen (secondary N) is 1. The number of anilines is 3. The normalized spacial score (nSPS) is 13.6. The molecule has 0 spiro atoms. The number of nitrogens with zero attached hydrogens (tertiary/aromatic N) is 6. The highest BCUT2D eigenvalue weighted by Gasteiger charge is 2.25. The molecule has 1 aliphatic rings. The summed E-state index contributed by atoms with van der Waals surface area (Å²) >= 11 is 0. The fourth-order valence-corrected chi connectivity index (χ4v) is 3.57. The van der Waals surface area contributed by atoms with Gasteiger partial charge in [0.1, 0.15) is 11.4 Å². The average molecular weight is 453 g/mol. The molecule has 1 aliphatic heterocycles. The predicted molar refractivity (Wildman–Crippen MR) is 120 cm³/mol. The summed E-state index contributed by atoms with van der Waals surface area (Å²) in [5.74, 6) is 1.08. The molecule has 1 N–H and O–H groups in total. The van der Waals surface area contributed by atoms with Crippen molar-refractivity contribution in [2.24, 2.45) is 0 Å². The van der Waals surface area contributed by atoms with E-state index < -0.39 is 4.92 Å². The number of carbonyl (C=O) groups excluding carboxylic acids is 1. The summed E-state index contributed by atoms with van der Waals surface area (Å²) in [6.07, 6.45) is 3.92. The Labute approximate surface area is 189 Å². The molecule has 33 heavy (non-hydrogen) atoms. The van der Waals surface area contributed by atoms with Gasteiger partial charge in [-0.25, -0.2) is 9.67 Å². The minimum Gasteiger partial charge on any atom is -0.494 e. The molecule has 0 unspecified atom stereocenters. The van der Waals surface area contributed by atoms with Crippen LogP contribution in [0.15, 0.2) is 24.5 Å². The van der Waals surface area contributed by atoms with Crippen molar-refractivity contribution in [3.8, 4) is 11.6 Å². The summed E-state index contributed by atoms with van der Waals surface area (Å²) in [6, 6.07) is 3.04. The first-order valence-electron chi connectivity index (χ1n) is 10.2. The Kier molecular flexibility index (Phi) is 6.18. The first-order chi connectivity index (χ1) is 15.9. The van der Waals surface area contributed by atoms with E-state index >= 15 is 0 Å². The van der Waals surface area contributed by atoms with Crippen molar-refractivity contribution in [2.75, 3.05) is 43.6 Å². The smallest absolute Gasteiger partial charge is 0.294 e. The number of ether oxygens (including phenoxy) is 2. The molecule has 0 saturated carbocycles. The van der Waals surface area contributed by atoms with Gasteiger partial charge in [-0.3, -0.25) is 14.9 Å². The molecule has 172 valence electrons. The highest BCUT2D eigenvalue weighted by molar-refractivity contribution is 5.77. The summed E-state index contributed by atoms with van der Waals surface area (Å²) < 4.78 is 12.4. The van der Waals surface area contributed by atoms with Crippen LogP contribution in [0.2, 0.25) is 0 Å². The second-order valence-electron chi connectivity index (χ2n) is 7.46. The van der Waals surface area contributed by atoms with Crippen molar-refractivity contribution in [1.29, 1.82) is 0 Å². The molecular formula is C21H23N7O5. The highest BCUT2D eigenvalue weighted by atomic mass is 16.6. The molecule has 0 aliphatic carbocycles. The Morgan fingerprint density at radius 1 is 1.27 bits per heavy atom. The molecule has 3 aromatic rings. The van der Waals surface area contributed by atoms with Crippen LogP contribution < -0.4 is 15.0 Å². The summed E-state index contributed by atoms with van der Waals surface area (Å²) in [4.78, 5) is 33.3. The molecule has 1 fully saturated rings. The van der Waals surface area contributed by atoms with Crippen molar-refractivity contribution in [2.45, 2.75) is 13.8 Å². The largest absolute Gasteiger partial charge is 0.494 e. The standard InChI is InChI=1S/C21H23N7O5/c1-13-10-22-21(24-20(13)27-11-15(12-29)14(2)25-27)23-16-8-18(28(30)31)17(9-19(16)32-3)26-4-6-33-7-5-26/h8-12H,4-7H2,1-3H3,(H,22,23,24). The summed E-state index contributed by atoms with van der Waals surface area (Å²) in [5.41, 5.74) is 2.52. The van der Waals surface area contributed by atoms with Crippen LogP contribution in [0.25, 0.3) is 5.82 Å². The van der Waals surface area contributed by atoms with Gasteiger partial charge in [-0.05, 0) is 13.8 Å². The van der Waals surface area contributed by atoms with Crippen LogP contribution in [-0.2, 0) is 4.74 Å². The minimum atomic E-state index is -0.426. The van der Waals surface area contributed by atoms with Gasteiger partial charge in [0, 0.05) is 43.2 Å². The Morgan fingerprint density at radius 3 is 2.67 bits per heavy atom. The van der Waals surface area contributed by atoms with Crippen LogP contribution in [0.5, 0.6) is 5.75 Å². The third-order valence-corrected chi connectivity index (χ3v) is 5.32. The van der Waals surface area contributed by atoms with Crippen molar-refractivity contribution in [3.63, 3.8) is 0 Å². The molecule has 12 heteroatoms. The van der Waals surface area contributed by atoms with Gasteiger partial charge in [0.2, 0.25) is 5.95 Å². The van der Waals surface area contributed by atoms with Crippen LogP contribution in [0.4, 0.5) is 23.0 Å². The molecule has 12 nitrogen and oxygen atoms in total. The molecule has 0 bridgehead atoms. The summed E-state index contributed by atoms with van der Waals surface area (Å²) in [6.45, 7) is 5.64. The lowest BCUT2D eigenvalue weighted by Crippen LogP contribution is -2.36. The van der Waals surface area contributed by atoms with E-state index in [0.29, 0.717) is 60.5 Å². The molecular weight excluding hydrogens is 430 g/mol. The van der Waals surface area contributed by atoms with Crippen LogP contribution in [0, 0.1) is 24.0 Å². The van der Waals surface area contributed by atoms with Crippen molar-refractivity contribution < 1.29 is 19.2 Å². The number of nitro benzene ring substituents is 1. The van der Waals surface area contributed by atoms with Crippen molar-refractivity contribution in [3.05, 3.63) is 51.5 Å². The zero-order valence-electron chi connectivity index (χ0n) is 18.4. The molecule has 3 heterocycles. The first-order valence-corrected chi connectivity index (χ1v) is 10.2. The van der Waals surface area contributed by atoms with Crippen LogP contribution in [0.3, 0.4) is 0 Å². The van der Waals surface area contributed by atoms with E-state index in [1.165, 1.54) is 17.9 Å².